The molecular weight excluding hydrogens is 822 g/mol. The topological polar surface area (TPSA) is 36.9 Å². The van der Waals surface area contributed by atoms with E-state index >= 15 is 0 Å². The molecule has 48 heavy (non-hydrogen) atoms. The number of halogens is 2. The SMILES string of the molecule is COCc1cccc(C(CCCI)(CCC(CCCI)(c2cccc(COC)c2)c2cccc(COC)c2)c2cccc(COC)c2)c1. The molecule has 0 spiro atoms. The van der Waals surface area contributed by atoms with E-state index in [9.17, 15) is 0 Å². The zero-order valence-electron chi connectivity index (χ0n) is 29.1. The van der Waals surface area contributed by atoms with Crippen molar-refractivity contribution in [1.29, 1.82) is 0 Å². The highest BCUT2D eigenvalue weighted by molar-refractivity contribution is 14.1. The molecule has 0 aliphatic heterocycles. The third-order valence-corrected chi connectivity index (χ3v) is 11.1. The van der Waals surface area contributed by atoms with E-state index in [1.165, 1.54) is 44.5 Å². The second-order valence-corrected chi connectivity index (χ2v) is 14.9. The average molecular weight is 875 g/mol. The van der Waals surface area contributed by atoms with Crippen LogP contribution in [0.2, 0.25) is 0 Å². The summed E-state index contributed by atoms with van der Waals surface area (Å²) in [6.45, 7) is 2.38. The summed E-state index contributed by atoms with van der Waals surface area (Å²) >= 11 is 5.09. The van der Waals surface area contributed by atoms with Gasteiger partial charge < -0.3 is 18.9 Å². The molecule has 0 atom stereocenters. The van der Waals surface area contributed by atoms with Crippen LogP contribution in [0.15, 0.2) is 97.1 Å². The number of hydrogen-bond donors (Lipinski definition) is 0. The van der Waals surface area contributed by atoms with E-state index < -0.39 is 0 Å². The second kappa shape index (κ2) is 20.1. The van der Waals surface area contributed by atoms with E-state index in [4.69, 9.17) is 18.9 Å². The van der Waals surface area contributed by atoms with Crippen LogP contribution in [0.1, 0.15) is 83.0 Å². The molecule has 0 heterocycles. The Balaban J connectivity index is 1.98. The summed E-state index contributed by atoms with van der Waals surface area (Å²) in [4.78, 5) is 0. The Labute approximate surface area is 316 Å². The highest BCUT2D eigenvalue weighted by Crippen LogP contribution is 2.49. The third-order valence-electron chi connectivity index (χ3n) is 9.62. The van der Waals surface area contributed by atoms with Crippen molar-refractivity contribution in [3.63, 3.8) is 0 Å². The summed E-state index contributed by atoms with van der Waals surface area (Å²) in [5, 5.41) is 0. The molecule has 0 bridgehead atoms. The first-order chi connectivity index (χ1) is 23.5. The lowest BCUT2D eigenvalue weighted by Gasteiger charge is -2.42. The summed E-state index contributed by atoms with van der Waals surface area (Å²) in [7, 11) is 7.12. The number of methoxy groups -OCH3 is 4. The Hall–Kier alpha value is -1.82. The minimum absolute atomic E-state index is 0.206. The lowest BCUT2D eigenvalue weighted by Crippen LogP contribution is -2.35. The van der Waals surface area contributed by atoms with Crippen LogP contribution in [0, 0.1) is 0 Å². The molecule has 0 amide bonds. The minimum atomic E-state index is -0.206. The van der Waals surface area contributed by atoms with Gasteiger partial charge in [0.25, 0.3) is 0 Å². The summed E-state index contributed by atoms with van der Waals surface area (Å²) < 4.78 is 24.7. The van der Waals surface area contributed by atoms with Crippen molar-refractivity contribution in [2.24, 2.45) is 0 Å². The van der Waals surface area contributed by atoms with Gasteiger partial charge in [0.1, 0.15) is 0 Å². The van der Waals surface area contributed by atoms with Crippen LogP contribution in [0.5, 0.6) is 0 Å². The van der Waals surface area contributed by atoms with Crippen molar-refractivity contribution < 1.29 is 18.9 Å². The van der Waals surface area contributed by atoms with Crippen molar-refractivity contribution in [2.45, 2.75) is 75.8 Å². The minimum Gasteiger partial charge on any atom is -0.380 e. The number of alkyl halides is 2. The van der Waals surface area contributed by atoms with Crippen LogP contribution >= 0.6 is 45.2 Å². The van der Waals surface area contributed by atoms with Gasteiger partial charge in [0.05, 0.1) is 26.4 Å². The van der Waals surface area contributed by atoms with Crippen molar-refractivity contribution in [3.05, 3.63) is 142 Å². The summed E-state index contributed by atoms with van der Waals surface area (Å²) in [6.07, 6.45) is 6.33. The predicted octanol–water partition coefficient (Wildman–Crippen LogP) is 10.8. The Morgan fingerprint density at radius 1 is 0.417 bits per heavy atom. The highest BCUT2D eigenvalue weighted by Gasteiger charge is 2.40. The Morgan fingerprint density at radius 2 is 0.688 bits per heavy atom. The van der Waals surface area contributed by atoms with Crippen molar-refractivity contribution >= 4 is 45.2 Å². The first kappa shape index (κ1) is 39.0. The summed E-state index contributed by atoms with van der Waals surface area (Å²) in [6, 6.07) is 36.6. The van der Waals surface area contributed by atoms with Crippen molar-refractivity contribution in [3.8, 4) is 0 Å². The Morgan fingerprint density at radius 3 is 0.917 bits per heavy atom. The van der Waals surface area contributed by atoms with Gasteiger partial charge in [-0.1, -0.05) is 142 Å². The Bertz CT molecular complexity index is 1320. The van der Waals surface area contributed by atoms with E-state index in [1.54, 1.807) is 28.4 Å². The summed E-state index contributed by atoms with van der Waals surface area (Å²) in [5.41, 5.74) is 9.86. The molecule has 0 fully saturated rings. The number of hydrogen-bond acceptors (Lipinski definition) is 4. The number of benzene rings is 4. The van der Waals surface area contributed by atoms with Crippen LogP contribution in [-0.4, -0.2) is 37.3 Å². The molecule has 4 aromatic rings. The van der Waals surface area contributed by atoms with Gasteiger partial charge in [-0.25, -0.2) is 0 Å². The van der Waals surface area contributed by atoms with Crippen LogP contribution in [0.3, 0.4) is 0 Å². The predicted molar refractivity (Wildman–Crippen MR) is 216 cm³/mol. The van der Waals surface area contributed by atoms with Crippen molar-refractivity contribution in [1.82, 2.24) is 0 Å². The largest absolute Gasteiger partial charge is 0.380 e. The van der Waals surface area contributed by atoms with Gasteiger partial charge in [-0.3, -0.25) is 0 Å². The fraction of sp³-hybridized carbons (Fsp3) is 0.429. The van der Waals surface area contributed by atoms with Gasteiger partial charge in [0, 0.05) is 39.3 Å². The van der Waals surface area contributed by atoms with Crippen LogP contribution < -0.4 is 0 Å². The summed E-state index contributed by atoms with van der Waals surface area (Å²) in [5.74, 6) is 0. The fourth-order valence-electron chi connectivity index (χ4n) is 7.40. The molecule has 4 aromatic carbocycles. The van der Waals surface area contributed by atoms with Gasteiger partial charge in [0.2, 0.25) is 0 Å². The highest BCUT2D eigenvalue weighted by atomic mass is 127. The molecule has 0 saturated heterocycles. The van der Waals surface area contributed by atoms with E-state index in [0.717, 1.165) is 47.4 Å². The van der Waals surface area contributed by atoms with E-state index in [1.807, 2.05) is 0 Å². The van der Waals surface area contributed by atoms with Gasteiger partial charge in [0.15, 0.2) is 0 Å². The number of rotatable bonds is 21. The zero-order chi connectivity index (χ0) is 34.2. The monoisotopic (exact) mass is 874 g/mol. The fourth-order valence-corrected chi connectivity index (χ4v) is 8.17. The van der Waals surface area contributed by atoms with E-state index in [0.29, 0.717) is 26.4 Å². The van der Waals surface area contributed by atoms with Gasteiger partial charge in [-0.05, 0) is 91.9 Å². The molecule has 258 valence electrons. The molecule has 0 aliphatic carbocycles. The maximum Gasteiger partial charge on any atom is 0.0713 e. The molecule has 0 radical (unpaired) electrons. The maximum absolute atomic E-state index is 5.63. The zero-order valence-corrected chi connectivity index (χ0v) is 33.4. The molecule has 0 N–H and O–H groups in total. The van der Waals surface area contributed by atoms with Gasteiger partial charge in [-0.15, -0.1) is 0 Å². The average Bonchev–Trinajstić information content (AvgIpc) is 3.11. The molecule has 0 aliphatic rings. The van der Waals surface area contributed by atoms with Gasteiger partial charge in [-0.2, -0.15) is 0 Å². The van der Waals surface area contributed by atoms with E-state index in [2.05, 4.69) is 142 Å². The van der Waals surface area contributed by atoms with Crippen LogP contribution in [0.4, 0.5) is 0 Å². The lowest BCUT2D eigenvalue weighted by atomic mass is 9.61. The molecule has 0 unspecified atom stereocenters. The first-order valence-corrected chi connectivity index (χ1v) is 20.0. The molecule has 0 aromatic heterocycles. The molecule has 4 rings (SSSR count). The van der Waals surface area contributed by atoms with E-state index in [-0.39, 0.29) is 10.8 Å². The Kier molecular flexibility index (Phi) is 16.3. The molecule has 4 nitrogen and oxygen atoms in total. The van der Waals surface area contributed by atoms with Crippen LogP contribution in [0.25, 0.3) is 0 Å². The van der Waals surface area contributed by atoms with Gasteiger partial charge >= 0.3 is 0 Å². The number of ether oxygens (including phenoxy) is 4. The maximum atomic E-state index is 5.63. The van der Waals surface area contributed by atoms with Crippen LogP contribution in [-0.2, 0) is 56.2 Å². The smallest absolute Gasteiger partial charge is 0.0713 e. The molecule has 6 heteroatoms. The molecule has 0 saturated carbocycles. The first-order valence-electron chi connectivity index (χ1n) is 16.9. The second-order valence-electron chi connectivity index (χ2n) is 12.8. The van der Waals surface area contributed by atoms with Crippen molar-refractivity contribution in [2.75, 3.05) is 37.3 Å². The lowest BCUT2D eigenvalue weighted by molar-refractivity contribution is 0.184. The third kappa shape index (κ3) is 9.91. The normalized spacial score (nSPS) is 12.0. The quantitative estimate of drug-likeness (QED) is 0.0617. The standard InChI is InChI=1S/C42H52I2O4/c1-45-29-33-11-5-15-37(25-33)41(19-9-23-43,38-16-6-12-34(26-38)30-46-2)21-22-42(20-10-24-44,39-17-7-13-35(27-39)31-47-3)40-18-8-14-36(28-40)32-48-4/h5-8,11-18,25-28H,9-10,19-24,29-32H2,1-4H3. The molecular formula is C42H52I2O4.